The first-order chi connectivity index (χ1) is 11.6. The van der Waals surface area contributed by atoms with Gasteiger partial charge in [-0.15, -0.1) is 10.2 Å². The summed E-state index contributed by atoms with van der Waals surface area (Å²) >= 11 is 0. The van der Waals surface area contributed by atoms with E-state index in [1.807, 2.05) is 50.2 Å². The molecule has 1 amide bonds. The van der Waals surface area contributed by atoms with E-state index in [-0.39, 0.29) is 11.9 Å². The first kappa shape index (κ1) is 16.5. The van der Waals surface area contributed by atoms with Gasteiger partial charge in [-0.3, -0.25) is 4.79 Å². The Balaban J connectivity index is 1.73. The Labute approximate surface area is 142 Å². The van der Waals surface area contributed by atoms with Crippen LogP contribution in [0.3, 0.4) is 0 Å². The SMILES string of the molecule is C[C@@H](NC(=O)c1cccc(N(C)C)c1)c1nncn1C1CCCC1. The number of amides is 1. The Hall–Kier alpha value is -2.37. The average Bonchev–Trinajstić information content (AvgIpc) is 3.25. The third-order valence-electron chi connectivity index (χ3n) is 4.68. The number of carbonyl (C=O) groups is 1. The molecule has 1 aromatic carbocycles. The van der Waals surface area contributed by atoms with Crippen molar-refractivity contribution >= 4 is 11.6 Å². The van der Waals surface area contributed by atoms with Gasteiger partial charge in [-0.1, -0.05) is 18.9 Å². The summed E-state index contributed by atoms with van der Waals surface area (Å²) in [7, 11) is 3.92. The van der Waals surface area contributed by atoms with Gasteiger partial charge in [-0.2, -0.15) is 0 Å². The van der Waals surface area contributed by atoms with E-state index in [0.717, 1.165) is 24.4 Å². The molecule has 1 aliphatic rings. The van der Waals surface area contributed by atoms with Crippen molar-refractivity contribution in [3.8, 4) is 0 Å². The molecule has 1 saturated carbocycles. The monoisotopic (exact) mass is 327 g/mol. The maximum atomic E-state index is 12.6. The number of hydrogen-bond acceptors (Lipinski definition) is 4. The molecule has 1 atom stereocenters. The highest BCUT2D eigenvalue weighted by atomic mass is 16.1. The summed E-state index contributed by atoms with van der Waals surface area (Å²) < 4.78 is 2.13. The summed E-state index contributed by atoms with van der Waals surface area (Å²) in [5.74, 6) is 0.742. The highest BCUT2D eigenvalue weighted by molar-refractivity contribution is 5.95. The van der Waals surface area contributed by atoms with E-state index in [1.54, 1.807) is 6.33 Å². The van der Waals surface area contributed by atoms with E-state index in [0.29, 0.717) is 11.6 Å². The predicted octanol–water partition coefficient (Wildman–Crippen LogP) is 2.95. The van der Waals surface area contributed by atoms with Crippen LogP contribution >= 0.6 is 0 Å². The van der Waals surface area contributed by atoms with E-state index in [1.165, 1.54) is 12.8 Å². The lowest BCUT2D eigenvalue weighted by molar-refractivity contribution is 0.0937. The number of hydrogen-bond donors (Lipinski definition) is 1. The van der Waals surface area contributed by atoms with Gasteiger partial charge >= 0.3 is 0 Å². The molecule has 0 aliphatic heterocycles. The normalized spacial score (nSPS) is 16.1. The molecule has 1 aliphatic carbocycles. The van der Waals surface area contributed by atoms with E-state index >= 15 is 0 Å². The van der Waals surface area contributed by atoms with E-state index in [4.69, 9.17) is 0 Å². The second kappa shape index (κ2) is 7.03. The molecular formula is C18H25N5O. The summed E-state index contributed by atoms with van der Waals surface area (Å²) in [6, 6.07) is 7.89. The summed E-state index contributed by atoms with van der Waals surface area (Å²) in [5, 5.41) is 11.4. The third kappa shape index (κ3) is 3.42. The molecule has 1 N–H and O–H groups in total. The van der Waals surface area contributed by atoms with Crippen molar-refractivity contribution in [2.45, 2.75) is 44.7 Å². The highest BCUT2D eigenvalue weighted by Crippen LogP contribution is 2.31. The zero-order chi connectivity index (χ0) is 17.1. The quantitative estimate of drug-likeness (QED) is 0.917. The lowest BCUT2D eigenvalue weighted by Gasteiger charge is -2.19. The lowest BCUT2D eigenvalue weighted by Crippen LogP contribution is -2.29. The topological polar surface area (TPSA) is 63.1 Å². The summed E-state index contributed by atoms with van der Waals surface area (Å²) in [6.07, 6.45) is 6.62. The van der Waals surface area contributed by atoms with Gasteiger partial charge in [-0.05, 0) is 38.0 Å². The number of carbonyl (C=O) groups excluding carboxylic acids is 1. The molecular weight excluding hydrogens is 302 g/mol. The molecule has 0 radical (unpaired) electrons. The first-order valence-corrected chi connectivity index (χ1v) is 8.54. The smallest absolute Gasteiger partial charge is 0.251 e. The number of aromatic nitrogens is 3. The van der Waals surface area contributed by atoms with Gasteiger partial charge in [0.05, 0.1) is 6.04 Å². The van der Waals surface area contributed by atoms with Crippen LogP contribution in [0.25, 0.3) is 0 Å². The molecule has 3 rings (SSSR count). The molecule has 2 aromatic rings. The van der Waals surface area contributed by atoms with Gasteiger partial charge in [0.25, 0.3) is 5.91 Å². The van der Waals surface area contributed by atoms with Crippen LogP contribution in [-0.4, -0.2) is 34.8 Å². The molecule has 0 saturated heterocycles. The standard InChI is InChI=1S/C18H25N5O/c1-13(17-21-19-12-23(17)15-8-4-5-9-15)20-18(24)14-7-6-10-16(11-14)22(2)3/h6-7,10-13,15H,4-5,8-9H2,1-3H3,(H,20,24)/t13-/m1/s1. The fourth-order valence-electron chi connectivity index (χ4n) is 3.30. The predicted molar refractivity (Wildman–Crippen MR) is 94.2 cm³/mol. The maximum absolute atomic E-state index is 12.6. The minimum atomic E-state index is -0.177. The number of anilines is 1. The van der Waals surface area contributed by atoms with Crippen LogP contribution in [-0.2, 0) is 0 Å². The van der Waals surface area contributed by atoms with E-state index < -0.39 is 0 Å². The molecule has 6 nitrogen and oxygen atoms in total. The van der Waals surface area contributed by atoms with Gasteiger partial charge in [0.1, 0.15) is 6.33 Å². The largest absolute Gasteiger partial charge is 0.378 e. The van der Waals surface area contributed by atoms with Crippen LogP contribution in [0.1, 0.15) is 60.9 Å². The van der Waals surface area contributed by atoms with Gasteiger partial charge in [0.15, 0.2) is 5.82 Å². The zero-order valence-corrected chi connectivity index (χ0v) is 14.6. The van der Waals surface area contributed by atoms with Crippen LogP contribution in [0.15, 0.2) is 30.6 Å². The molecule has 0 unspecified atom stereocenters. The summed E-state index contributed by atoms with van der Waals surface area (Å²) in [5.41, 5.74) is 1.66. The number of nitrogens with one attached hydrogen (secondary N) is 1. The van der Waals surface area contributed by atoms with Crippen LogP contribution in [0.4, 0.5) is 5.69 Å². The van der Waals surface area contributed by atoms with Crippen molar-refractivity contribution in [2.75, 3.05) is 19.0 Å². The molecule has 1 aromatic heterocycles. The Morgan fingerprint density at radius 2 is 2.08 bits per heavy atom. The average molecular weight is 327 g/mol. The van der Waals surface area contributed by atoms with Crippen LogP contribution in [0, 0.1) is 0 Å². The maximum Gasteiger partial charge on any atom is 0.251 e. The van der Waals surface area contributed by atoms with Gasteiger partial charge in [0, 0.05) is 31.4 Å². The van der Waals surface area contributed by atoms with Crippen LogP contribution < -0.4 is 10.2 Å². The van der Waals surface area contributed by atoms with Crippen molar-refractivity contribution < 1.29 is 4.79 Å². The fraction of sp³-hybridized carbons (Fsp3) is 0.500. The fourth-order valence-corrected chi connectivity index (χ4v) is 3.30. The second-order valence-corrected chi connectivity index (χ2v) is 6.67. The molecule has 0 spiro atoms. The van der Waals surface area contributed by atoms with Crippen molar-refractivity contribution in [1.29, 1.82) is 0 Å². The highest BCUT2D eigenvalue weighted by Gasteiger charge is 2.23. The number of rotatable bonds is 5. The first-order valence-electron chi connectivity index (χ1n) is 8.54. The zero-order valence-electron chi connectivity index (χ0n) is 14.6. The van der Waals surface area contributed by atoms with Crippen LogP contribution in [0.5, 0.6) is 0 Å². The van der Waals surface area contributed by atoms with Gasteiger partial charge < -0.3 is 14.8 Å². The molecule has 6 heteroatoms. The summed E-state index contributed by atoms with van der Waals surface area (Å²) in [6.45, 7) is 1.96. The molecule has 1 heterocycles. The summed E-state index contributed by atoms with van der Waals surface area (Å²) in [4.78, 5) is 14.6. The van der Waals surface area contributed by atoms with Crippen molar-refractivity contribution in [2.24, 2.45) is 0 Å². The Morgan fingerprint density at radius 3 is 2.79 bits per heavy atom. The van der Waals surface area contributed by atoms with Crippen LogP contribution in [0.2, 0.25) is 0 Å². The van der Waals surface area contributed by atoms with E-state index in [2.05, 4.69) is 20.1 Å². The van der Waals surface area contributed by atoms with Gasteiger partial charge in [-0.25, -0.2) is 0 Å². The molecule has 1 fully saturated rings. The van der Waals surface area contributed by atoms with Crippen molar-refractivity contribution in [1.82, 2.24) is 20.1 Å². The molecule has 0 bridgehead atoms. The minimum absolute atomic E-state index is 0.0906. The number of benzene rings is 1. The third-order valence-corrected chi connectivity index (χ3v) is 4.68. The Morgan fingerprint density at radius 1 is 1.33 bits per heavy atom. The van der Waals surface area contributed by atoms with E-state index in [9.17, 15) is 4.79 Å². The Kier molecular flexibility index (Phi) is 4.83. The molecule has 24 heavy (non-hydrogen) atoms. The Bertz CT molecular complexity index is 703. The number of nitrogens with zero attached hydrogens (tertiary/aromatic N) is 4. The molecule has 128 valence electrons. The second-order valence-electron chi connectivity index (χ2n) is 6.67. The minimum Gasteiger partial charge on any atom is -0.378 e. The van der Waals surface area contributed by atoms with Gasteiger partial charge in [0.2, 0.25) is 0 Å². The van der Waals surface area contributed by atoms with Crippen molar-refractivity contribution in [3.63, 3.8) is 0 Å². The van der Waals surface area contributed by atoms with Crippen molar-refractivity contribution in [3.05, 3.63) is 42.0 Å². The lowest BCUT2D eigenvalue weighted by atomic mass is 10.1.